The van der Waals surface area contributed by atoms with Crippen molar-refractivity contribution in [2.45, 2.75) is 6.92 Å². The molecule has 1 aliphatic heterocycles. The molecule has 1 saturated heterocycles. The molecule has 2 aromatic rings. The van der Waals surface area contributed by atoms with Crippen LogP contribution in [-0.2, 0) is 4.74 Å². The standard InChI is InChI=1S/C21H22N2O2/c1-18-8-5-6-12-20(18)22-13-15-23(16-14-22)21(24)25-17-7-11-19-9-3-2-4-10-19/h2-6,8-10,12H,13-17H2,1H3. The van der Waals surface area contributed by atoms with Crippen LogP contribution >= 0.6 is 0 Å². The second kappa shape index (κ2) is 8.25. The Kier molecular flexibility index (Phi) is 5.58. The molecule has 0 aromatic heterocycles. The lowest BCUT2D eigenvalue weighted by molar-refractivity contribution is 0.111. The monoisotopic (exact) mass is 334 g/mol. The number of hydrogen-bond acceptors (Lipinski definition) is 3. The second-order valence-electron chi connectivity index (χ2n) is 5.98. The van der Waals surface area contributed by atoms with Crippen LogP contribution in [0.4, 0.5) is 10.5 Å². The third-order valence-corrected chi connectivity index (χ3v) is 4.27. The average molecular weight is 334 g/mol. The van der Waals surface area contributed by atoms with Crippen LogP contribution in [0.2, 0.25) is 0 Å². The van der Waals surface area contributed by atoms with Crippen molar-refractivity contribution in [3.8, 4) is 11.8 Å². The molecule has 0 aliphatic carbocycles. The minimum absolute atomic E-state index is 0.117. The van der Waals surface area contributed by atoms with Gasteiger partial charge in [-0.1, -0.05) is 48.2 Å². The summed E-state index contributed by atoms with van der Waals surface area (Å²) in [4.78, 5) is 16.2. The Morgan fingerprint density at radius 2 is 1.68 bits per heavy atom. The van der Waals surface area contributed by atoms with E-state index in [2.05, 4.69) is 35.8 Å². The molecule has 4 nitrogen and oxygen atoms in total. The Morgan fingerprint density at radius 1 is 1.00 bits per heavy atom. The van der Waals surface area contributed by atoms with Crippen LogP contribution in [-0.4, -0.2) is 43.8 Å². The van der Waals surface area contributed by atoms with Crippen molar-refractivity contribution in [2.75, 3.05) is 37.7 Å². The van der Waals surface area contributed by atoms with Gasteiger partial charge in [0.2, 0.25) is 0 Å². The smallest absolute Gasteiger partial charge is 0.410 e. The SMILES string of the molecule is Cc1ccccc1N1CCN(C(=O)OCC#Cc2ccccc2)CC1. The highest BCUT2D eigenvalue weighted by molar-refractivity contribution is 5.68. The normalized spacial score (nSPS) is 13.8. The molecular weight excluding hydrogens is 312 g/mol. The van der Waals surface area contributed by atoms with E-state index in [4.69, 9.17) is 4.74 Å². The number of aryl methyl sites for hydroxylation is 1. The molecule has 128 valence electrons. The first-order chi connectivity index (χ1) is 12.2. The molecule has 1 amide bonds. The number of piperazine rings is 1. The molecule has 0 N–H and O–H groups in total. The van der Waals surface area contributed by atoms with Crippen LogP contribution in [0.5, 0.6) is 0 Å². The molecule has 1 aliphatic rings. The molecule has 0 spiro atoms. The summed E-state index contributed by atoms with van der Waals surface area (Å²) >= 11 is 0. The fraction of sp³-hybridized carbons (Fsp3) is 0.286. The molecular formula is C21H22N2O2. The summed E-state index contributed by atoms with van der Waals surface area (Å²) in [6.45, 7) is 5.19. The Labute approximate surface area is 149 Å². The van der Waals surface area contributed by atoms with Gasteiger partial charge in [0.05, 0.1) is 0 Å². The first kappa shape index (κ1) is 16.9. The third-order valence-electron chi connectivity index (χ3n) is 4.27. The summed E-state index contributed by atoms with van der Waals surface area (Å²) in [7, 11) is 0. The molecule has 0 unspecified atom stereocenters. The second-order valence-corrected chi connectivity index (χ2v) is 5.98. The van der Waals surface area contributed by atoms with E-state index in [1.807, 2.05) is 42.5 Å². The van der Waals surface area contributed by atoms with Gasteiger partial charge in [0.25, 0.3) is 0 Å². The van der Waals surface area contributed by atoms with Gasteiger partial charge in [0, 0.05) is 37.4 Å². The van der Waals surface area contributed by atoms with Gasteiger partial charge >= 0.3 is 6.09 Å². The lowest BCUT2D eigenvalue weighted by atomic mass is 10.1. The van der Waals surface area contributed by atoms with Gasteiger partial charge in [-0.05, 0) is 30.7 Å². The van der Waals surface area contributed by atoms with Gasteiger partial charge in [-0.25, -0.2) is 4.79 Å². The van der Waals surface area contributed by atoms with Gasteiger partial charge in [-0.2, -0.15) is 0 Å². The fourth-order valence-electron chi connectivity index (χ4n) is 2.90. The summed E-state index contributed by atoms with van der Waals surface area (Å²) in [6, 6.07) is 18.0. The first-order valence-electron chi connectivity index (χ1n) is 8.50. The lowest BCUT2D eigenvalue weighted by Gasteiger charge is -2.36. The van der Waals surface area contributed by atoms with E-state index in [1.165, 1.54) is 11.3 Å². The van der Waals surface area contributed by atoms with E-state index < -0.39 is 0 Å². The molecule has 25 heavy (non-hydrogen) atoms. The topological polar surface area (TPSA) is 32.8 Å². The Morgan fingerprint density at radius 3 is 2.40 bits per heavy atom. The predicted molar refractivity (Wildman–Crippen MR) is 99.6 cm³/mol. The number of hydrogen-bond donors (Lipinski definition) is 0. The van der Waals surface area contributed by atoms with Crippen molar-refractivity contribution in [3.63, 3.8) is 0 Å². The Balaban J connectivity index is 1.46. The van der Waals surface area contributed by atoms with Crippen LogP contribution < -0.4 is 4.90 Å². The van der Waals surface area contributed by atoms with Crippen LogP contribution in [0.3, 0.4) is 0 Å². The van der Waals surface area contributed by atoms with Gasteiger partial charge in [0.1, 0.15) is 0 Å². The highest BCUT2D eigenvalue weighted by Crippen LogP contribution is 2.20. The molecule has 3 rings (SSSR count). The highest BCUT2D eigenvalue weighted by atomic mass is 16.6. The zero-order valence-electron chi connectivity index (χ0n) is 14.4. The van der Waals surface area contributed by atoms with E-state index in [0.717, 1.165) is 18.7 Å². The molecule has 1 fully saturated rings. The Bertz CT molecular complexity index is 769. The maximum absolute atomic E-state index is 12.1. The number of nitrogens with zero attached hydrogens (tertiary/aromatic N) is 2. The number of rotatable bonds is 2. The summed E-state index contributed by atoms with van der Waals surface area (Å²) in [5.41, 5.74) is 3.42. The number of amides is 1. The molecule has 0 bridgehead atoms. The largest absolute Gasteiger partial charge is 0.436 e. The van der Waals surface area contributed by atoms with Crippen molar-refractivity contribution in [1.82, 2.24) is 4.90 Å². The van der Waals surface area contributed by atoms with Crippen LogP contribution in [0.25, 0.3) is 0 Å². The zero-order chi connectivity index (χ0) is 17.5. The fourth-order valence-corrected chi connectivity index (χ4v) is 2.90. The molecule has 2 aromatic carbocycles. The van der Waals surface area contributed by atoms with Gasteiger partial charge in [0.15, 0.2) is 6.61 Å². The van der Waals surface area contributed by atoms with Crippen LogP contribution in [0.1, 0.15) is 11.1 Å². The van der Waals surface area contributed by atoms with E-state index in [-0.39, 0.29) is 12.7 Å². The third kappa shape index (κ3) is 4.54. The van der Waals surface area contributed by atoms with Crippen molar-refractivity contribution in [1.29, 1.82) is 0 Å². The molecule has 0 saturated carbocycles. The van der Waals surface area contributed by atoms with E-state index in [1.54, 1.807) is 4.90 Å². The minimum Gasteiger partial charge on any atom is -0.436 e. The summed E-state index contributed by atoms with van der Waals surface area (Å²) in [5.74, 6) is 5.87. The van der Waals surface area contributed by atoms with E-state index >= 15 is 0 Å². The molecule has 0 radical (unpaired) electrons. The van der Waals surface area contributed by atoms with Gasteiger partial charge < -0.3 is 14.5 Å². The minimum atomic E-state index is -0.285. The number of para-hydroxylation sites is 1. The summed E-state index contributed by atoms with van der Waals surface area (Å²) < 4.78 is 5.26. The maximum atomic E-state index is 12.1. The zero-order valence-corrected chi connectivity index (χ0v) is 14.4. The number of carbonyl (C=O) groups excluding carboxylic acids is 1. The van der Waals surface area contributed by atoms with E-state index in [9.17, 15) is 4.79 Å². The van der Waals surface area contributed by atoms with Crippen LogP contribution in [0, 0.1) is 18.8 Å². The highest BCUT2D eigenvalue weighted by Gasteiger charge is 2.22. The van der Waals surface area contributed by atoms with Crippen molar-refractivity contribution >= 4 is 11.8 Å². The van der Waals surface area contributed by atoms with Gasteiger partial charge in [-0.15, -0.1) is 0 Å². The summed E-state index contributed by atoms with van der Waals surface area (Å²) in [6.07, 6.45) is -0.285. The predicted octanol–water partition coefficient (Wildman–Crippen LogP) is 3.31. The van der Waals surface area contributed by atoms with Crippen molar-refractivity contribution < 1.29 is 9.53 Å². The van der Waals surface area contributed by atoms with Crippen molar-refractivity contribution in [2.24, 2.45) is 0 Å². The molecule has 0 atom stereocenters. The quantitative estimate of drug-likeness (QED) is 0.790. The van der Waals surface area contributed by atoms with Crippen molar-refractivity contribution in [3.05, 3.63) is 65.7 Å². The van der Waals surface area contributed by atoms with Crippen LogP contribution in [0.15, 0.2) is 54.6 Å². The first-order valence-corrected chi connectivity index (χ1v) is 8.50. The lowest BCUT2D eigenvalue weighted by Crippen LogP contribution is -2.49. The average Bonchev–Trinajstić information content (AvgIpc) is 2.66. The maximum Gasteiger partial charge on any atom is 0.410 e. The van der Waals surface area contributed by atoms with Gasteiger partial charge in [-0.3, -0.25) is 0 Å². The Hall–Kier alpha value is -2.93. The number of carbonyl (C=O) groups is 1. The molecule has 4 heteroatoms. The van der Waals surface area contributed by atoms with E-state index in [0.29, 0.717) is 13.1 Å². The number of ether oxygens (including phenoxy) is 1. The number of anilines is 1. The summed E-state index contributed by atoms with van der Waals surface area (Å²) in [5, 5.41) is 0. The molecule has 1 heterocycles. The number of benzene rings is 2.